The van der Waals surface area contributed by atoms with Crippen LogP contribution in [-0.4, -0.2) is 27.3 Å². The number of amides is 1. The van der Waals surface area contributed by atoms with E-state index in [0.717, 1.165) is 24.1 Å². The minimum atomic E-state index is -0.153. The van der Waals surface area contributed by atoms with Gasteiger partial charge in [-0.3, -0.25) is 4.79 Å². The Balaban J connectivity index is 1.52. The zero-order chi connectivity index (χ0) is 27.1. The van der Waals surface area contributed by atoms with Crippen LogP contribution >= 0.6 is 23.2 Å². The molecular formula is C30H32Cl2N4O2. The summed E-state index contributed by atoms with van der Waals surface area (Å²) >= 11 is 12.4. The van der Waals surface area contributed by atoms with Crippen molar-refractivity contribution >= 4 is 34.8 Å². The van der Waals surface area contributed by atoms with Crippen molar-refractivity contribution in [2.24, 2.45) is 5.92 Å². The van der Waals surface area contributed by atoms with Gasteiger partial charge in [0.15, 0.2) is 5.82 Å². The van der Waals surface area contributed by atoms with Crippen molar-refractivity contribution in [3.63, 3.8) is 0 Å². The number of nitrogens with zero attached hydrogens (tertiary/aromatic N) is 3. The van der Waals surface area contributed by atoms with E-state index in [2.05, 4.69) is 36.2 Å². The molecule has 0 bridgehead atoms. The monoisotopic (exact) mass is 550 g/mol. The predicted molar refractivity (Wildman–Crippen MR) is 155 cm³/mol. The van der Waals surface area contributed by atoms with Gasteiger partial charge in [0.05, 0.1) is 22.3 Å². The molecule has 0 saturated heterocycles. The summed E-state index contributed by atoms with van der Waals surface area (Å²) in [4.78, 5) is 17.4. The first kappa shape index (κ1) is 27.7. The topological polar surface area (TPSA) is 69.0 Å². The molecule has 0 aliphatic rings. The highest BCUT2D eigenvalue weighted by molar-refractivity contribution is 6.42. The summed E-state index contributed by atoms with van der Waals surface area (Å²) in [6, 6.07) is 20.8. The number of aryl methyl sites for hydroxylation is 1. The van der Waals surface area contributed by atoms with Gasteiger partial charge in [-0.1, -0.05) is 68.9 Å². The highest BCUT2D eigenvalue weighted by atomic mass is 35.5. The summed E-state index contributed by atoms with van der Waals surface area (Å²) in [5, 5.41) is 8.43. The van der Waals surface area contributed by atoms with E-state index in [-0.39, 0.29) is 11.9 Å². The zero-order valence-corrected chi connectivity index (χ0v) is 23.4. The highest BCUT2D eigenvalue weighted by Crippen LogP contribution is 2.30. The Labute approximate surface area is 234 Å². The molecule has 38 heavy (non-hydrogen) atoms. The number of unbranched alkanes of at least 4 members (excludes halogenated alkanes) is 2. The fourth-order valence-corrected chi connectivity index (χ4v) is 4.19. The molecule has 198 valence electrons. The van der Waals surface area contributed by atoms with Gasteiger partial charge in [0.25, 0.3) is 5.91 Å². The molecule has 0 fully saturated rings. The molecule has 0 aliphatic carbocycles. The third-order valence-electron chi connectivity index (χ3n) is 5.97. The third kappa shape index (κ3) is 7.15. The Hall–Kier alpha value is -3.35. The molecule has 1 aromatic heterocycles. The Morgan fingerprint density at radius 2 is 1.71 bits per heavy atom. The number of carbonyl (C=O) groups excluding carboxylic acids is 1. The van der Waals surface area contributed by atoms with Crippen molar-refractivity contribution in [2.45, 2.75) is 46.5 Å². The maximum Gasteiger partial charge on any atom is 0.336 e. The lowest BCUT2D eigenvalue weighted by atomic mass is 10.1. The van der Waals surface area contributed by atoms with Gasteiger partial charge in [-0.25, -0.2) is 4.68 Å². The Kier molecular flexibility index (Phi) is 9.43. The molecule has 4 aromatic rings. The summed E-state index contributed by atoms with van der Waals surface area (Å²) in [5.41, 5.74) is 4.06. The third-order valence-corrected chi connectivity index (χ3v) is 6.71. The summed E-state index contributed by atoms with van der Waals surface area (Å²) in [5.74, 6) is 0.744. The minimum Gasteiger partial charge on any atom is -0.462 e. The quantitative estimate of drug-likeness (QED) is 0.191. The van der Waals surface area contributed by atoms with E-state index < -0.39 is 0 Å². The molecule has 0 aliphatic heterocycles. The van der Waals surface area contributed by atoms with Crippen molar-refractivity contribution in [1.29, 1.82) is 0 Å². The van der Waals surface area contributed by atoms with Crippen molar-refractivity contribution < 1.29 is 9.53 Å². The van der Waals surface area contributed by atoms with E-state index in [1.54, 1.807) is 16.8 Å². The second-order valence-electron chi connectivity index (χ2n) is 9.62. The highest BCUT2D eigenvalue weighted by Gasteiger charge is 2.17. The van der Waals surface area contributed by atoms with Crippen molar-refractivity contribution in [1.82, 2.24) is 14.8 Å². The minimum absolute atomic E-state index is 0.153. The van der Waals surface area contributed by atoms with Crippen LogP contribution in [0.5, 0.6) is 6.01 Å². The number of ether oxygens (including phenoxy) is 1. The van der Waals surface area contributed by atoms with Gasteiger partial charge in [-0.05, 0) is 78.9 Å². The SMILES string of the molecule is CCCCCc1ccc(C(=O)Nc2ccc(-n3nc(OCC(C)C)nc3-c3ccc(Cl)c(Cl)c3)cc2)cc1. The van der Waals surface area contributed by atoms with Gasteiger partial charge in [0.1, 0.15) is 0 Å². The van der Waals surface area contributed by atoms with Gasteiger partial charge in [0, 0.05) is 16.8 Å². The molecule has 0 radical (unpaired) electrons. The summed E-state index contributed by atoms with van der Waals surface area (Å²) in [6.07, 6.45) is 4.61. The van der Waals surface area contributed by atoms with E-state index in [9.17, 15) is 4.79 Å². The second-order valence-corrected chi connectivity index (χ2v) is 10.4. The second kappa shape index (κ2) is 12.9. The molecule has 0 unspecified atom stereocenters. The normalized spacial score (nSPS) is 11.1. The number of aromatic nitrogens is 3. The standard InChI is InChI=1S/C30H32Cl2N4O2/c1-4-5-6-7-21-8-10-22(11-9-21)29(37)33-24-13-15-25(16-14-24)36-28(23-12-17-26(31)27(32)18-23)34-30(35-36)38-19-20(2)3/h8-18,20H,4-7,19H2,1-3H3,(H,33,37). The number of halogens is 2. The van der Waals surface area contributed by atoms with Crippen LogP contribution in [0.2, 0.25) is 10.0 Å². The van der Waals surface area contributed by atoms with E-state index in [0.29, 0.717) is 39.6 Å². The Morgan fingerprint density at radius 3 is 2.37 bits per heavy atom. The summed E-state index contributed by atoms with van der Waals surface area (Å²) in [7, 11) is 0. The van der Waals surface area contributed by atoms with Crippen molar-refractivity contribution in [3.05, 3.63) is 87.9 Å². The average molecular weight is 552 g/mol. The lowest BCUT2D eigenvalue weighted by Crippen LogP contribution is -2.12. The van der Waals surface area contributed by atoms with Gasteiger partial charge in [0.2, 0.25) is 0 Å². The van der Waals surface area contributed by atoms with Gasteiger partial charge < -0.3 is 10.1 Å². The van der Waals surface area contributed by atoms with E-state index in [1.807, 2.05) is 54.6 Å². The largest absolute Gasteiger partial charge is 0.462 e. The smallest absolute Gasteiger partial charge is 0.336 e. The van der Waals surface area contributed by atoms with Crippen LogP contribution in [0.15, 0.2) is 66.7 Å². The first-order chi connectivity index (χ1) is 18.3. The fraction of sp³-hybridized carbons (Fsp3) is 0.300. The number of nitrogens with one attached hydrogen (secondary N) is 1. The number of hydrogen-bond donors (Lipinski definition) is 1. The number of carbonyl (C=O) groups is 1. The number of rotatable bonds is 11. The number of hydrogen-bond acceptors (Lipinski definition) is 4. The molecule has 0 atom stereocenters. The Morgan fingerprint density at radius 1 is 0.974 bits per heavy atom. The van der Waals surface area contributed by atoms with Crippen LogP contribution in [-0.2, 0) is 6.42 Å². The number of benzene rings is 3. The molecule has 1 N–H and O–H groups in total. The van der Waals surface area contributed by atoms with Crippen LogP contribution in [0.25, 0.3) is 17.1 Å². The lowest BCUT2D eigenvalue weighted by molar-refractivity contribution is 0.102. The molecule has 3 aromatic carbocycles. The molecular weight excluding hydrogens is 519 g/mol. The molecule has 0 spiro atoms. The van der Waals surface area contributed by atoms with Gasteiger partial charge >= 0.3 is 6.01 Å². The van der Waals surface area contributed by atoms with Crippen molar-refractivity contribution in [2.75, 3.05) is 11.9 Å². The molecule has 6 nitrogen and oxygen atoms in total. The van der Waals surface area contributed by atoms with Crippen LogP contribution in [0.4, 0.5) is 5.69 Å². The zero-order valence-electron chi connectivity index (χ0n) is 21.9. The number of anilines is 1. The van der Waals surface area contributed by atoms with Crippen molar-refractivity contribution in [3.8, 4) is 23.1 Å². The molecule has 4 rings (SSSR count). The van der Waals surface area contributed by atoms with E-state index in [4.69, 9.17) is 27.9 Å². The predicted octanol–water partition coefficient (Wildman–Crippen LogP) is 8.26. The molecule has 1 heterocycles. The van der Waals surface area contributed by atoms with Crippen LogP contribution in [0.3, 0.4) is 0 Å². The first-order valence-electron chi connectivity index (χ1n) is 12.9. The van der Waals surface area contributed by atoms with Crippen LogP contribution < -0.4 is 10.1 Å². The average Bonchev–Trinajstić information content (AvgIpc) is 3.34. The summed E-state index contributed by atoms with van der Waals surface area (Å²) < 4.78 is 7.48. The Bertz CT molecular complexity index is 1370. The van der Waals surface area contributed by atoms with Gasteiger partial charge in [-0.15, -0.1) is 5.10 Å². The maximum atomic E-state index is 12.8. The van der Waals surface area contributed by atoms with Gasteiger partial charge in [-0.2, -0.15) is 4.98 Å². The lowest BCUT2D eigenvalue weighted by Gasteiger charge is -2.09. The van der Waals surface area contributed by atoms with Crippen LogP contribution in [0.1, 0.15) is 56.0 Å². The summed E-state index contributed by atoms with van der Waals surface area (Å²) in [6.45, 7) is 6.81. The molecule has 0 saturated carbocycles. The first-order valence-corrected chi connectivity index (χ1v) is 13.7. The molecule has 8 heteroatoms. The van der Waals surface area contributed by atoms with E-state index in [1.165, 1.54) is 18.4 Å². The van der Waals surface area contributed by atoms with E-state index >= 15 is 0 Å². The fourth-order valence-electron chi connectivity index (χ4n) is 3.89. The maximum absolute atomic E-state index is 12.8. The van der Waals surface area contributed by atoms with Crippen LogP contribution in [0, 0.1) is 5.92 Å². The molecule has 1 amide bonds.